The van der Waals surface area contributed by atoms with Crippen molar-refractivity contribution in [2.45, 2.75) is 17.9 Å². The van der Waals surface area contributed by atoms with Crippen LogP contribution >= 0.6 is 0 Å². The standard InChI is InChI=1S/C11H14FN3O4S/c1-8-7-14(5-4-13-8)20(18,19)11-6-9(15(16)17)2-3-10(11)12/h2-3,6,8,13H,4-5,7H2,1H3. The van der Waals surface area contributed by atoms with Crippen LogP contribution in [0.2, 0.25) is 0 Å². The summed E-state index contributed by atoms with van der Waals surface area (Å²) in [6.07, 6.45) is 0. The molecule has 0 aromatic heterocycles. The van der Waals surface area contributed by atoms with Gasteiger partial charge in [0.15, 0.2) is 0 Å². The van der Waals surface area contributed by atoms with E-state index in [0.717, 1.165) is 22.5 Å². The first-order valence-electron chi connectivity index (χ1n) is 6.00. The number of nitro benzene ring substituents is 1. The number of halogens is 1. The van der Waals surface area contributed by atoms with Gasteiger partial charge in [-0.05, 0) is 13.0 Å². The normalized spacial score (nSPS) is 20.8. The summed E-state index contributed by atoms with van der Waals surface area (Å²) in [6, 6.07) is 2.45. The Balaban J connectivity index is 2.43. The number of nitro groups is 1. The molecule has 0 saturated carbocycles. The second-order valence-corrected chi connectivity index (χ2v) is 6.50. The lowest BCUT2D eigenvalue weighted by Crippen LogP contribution is -2.51. The van der Waals surface area contributed by atoms with E-state index in [1.165, 1.54) is 0 Å². The van der Waals surface area contributed by atoms with E-state index in [1.807, 2.05) is 6.92 Å². The summed E-state index contributed by atoms with van der Waals surface area (Å²) in [4.78, 5) is 9.28. The Hall–Kier alpha value is -1.58. The smallest absolute Gasteiger partial charge is 0.270 e. The Labute approximate surface area is 115 Å². The number of hydrogen-bond acceptors (Lipinski definition) is 5. The van der Waals surface area contributed by atoms with E-state index in [2.05, 4.69) is 5.32 Å². The Morgan fingerprint density at radius 3 is 2.80 bits per heavy atom. The van der Waals surface area contributed by atoms with Crippen LogP contribution in [-0.2, 0) is 10.0 Å². The summed E-state index contributed by atoms with van der Waals surface area (Å²) >= 11 is 0. The van der Waals surface area contributed by atoms with Gasteiger partial charge in [0.2, 0.25) is 10.0 Å². The van der Waals surface area contributed by atoms with Crippen molar-refractivity contribution in [1.82, 2.24) is 9.62 Å². The molecule has 1 atom stereocenters. The fraction of sp³-hybridized carbons (Fsp3) is 0.455. The highest BCUT2D eigenvalue weighted by Crippen LogP contribution is 2.24. The molecule has 1 saturated heterocycles. The molecule has 1 aromatic carbocycles. The zero-order chi connectivity index (χ0) is 14.9. The van der Waals surface area contributed by atoms with Gasteiger partial charge in [0.1, 0.15) is 10.7 Å². The molecule has 110 valence electrons. The predicted molar refractivity (Wildman–Crippen MR) is 69.3 cm³/mol. The Kier molecular flexibility index (Phi) is 4.02. The third-order valence-electron chi connectivity index (χ3n) is 3.07. The summed E-state index contributed by atoms with van der Waals surface area (Å²) in [5.41, 5.74) is -0.451. The van der Waals surface area contributed by atoms with E-state index in [9.17, 15) is 22.9 Å². The maximum absolute atomic E-state index is 13.7. The molecule has 20 heavy (non-hydrogen) atoms. The van der Waals surface area contributed by atoms with Crippen LogP contribution < -0.4 is 5.32 Å². The molecule has 1 aliphatic rings. The van der Waals surface area contributed by atoms with Gasteiger partial charge in [0.25, 0.3) is 5.69 Å². The fourth-order valence-corrected chi connectivity index (χ4v) is 3.67. The lowest BCUT2D eigenvalue weighted by atomic mass is 10.3. The van der Waals surface area contributed by atoms with E-state index in [0.29, 0.717) is 6.54 Å². The molecule has 2 rings (SSSR count). The van der Waals surface area contributed by atoms with Crippen molar-refractivity contribution >= 4 is 15.7 Å². The van der Waals surface area contributed by atoms with E-state index in [-0.39, 0.29) is 19.1 Å². The molecule has 1 aliphatic heterocycles. The molecular weight excluding hydrogens is 289 g/mol. The van der Waals surface area contributed by atoms with Gasteiger partial charge < -0.3 is 5.32 Å². The molecule has 0 amide bonds. The molecule has 1 unspecified atom stereocenters. The van der Waals surface area contributed by atoms with Crippen LogP contribution in [0.25, 0.3) is 0 Å². The van der Waals surface area contributed by atoms with E-state index < -0.39 is 31.3 Å². The second kappa shape index (κ2) is 5.43. The van der Waals surface area contributed by atoms with Crippen LogP contribution in [0.4, 0.5) is 10.1 Å². The number of non-ortho nitro benzene ring substituents is 1. The topological polar surface area (TPSA) is 92.5 Å². The maximum Gasteiger partial charge on any atom is 0.270 e. The summed E-state index contributed by atoms with van der Waals surface area (Å²) < 4.78 is 39.6. The largest absolute Gasteiger partial charge is 0.312 e. The molecular formula is C11H14FN3O4S. The van der Waals surface area contributed by atoms with E-state index >= 15 is 0 Å². The molecule has 0 radical (unpaired) electrons. The number of rotatable bonds is 3. The van der Waals surface area contributed by atoms with Crippen LogP contribution in [-0.4, -0.2) is 43.3 Å². The van der Waals surface area contributed by atoms with E-state index in [4.69, 9.17) is 0 Å². The first kappa shape index (κ1) is 14.8. The zero-order valence-electron chi connectivity index (χ0n) is 10.7. The number of hydrogen-bond donors (Lipinski definition) is 1. The minimum absolute atomic E-state index is 0.0553. The Morgan fingerprint density at radius 1 is 1.50 bits per heavy atom. The quantitative estimate of drug-likeness (QED) is 0.656. The highest BCUT2D eigenvalue weighted by atomic mass is 32.2. The van der Waals surface area contributed by atoms with Crippen molar-refractivity contribution in [2.75, 3.05) is 19.6 Å². The van der Waals surface area contributed by atoms with Gasteiger partial charge in [-0.1, -0.05) is 0 Å². The number of piperazine rings is 1. The minimum Gasteiger partial charge on any atom is -0.312 e. The first-order chi connectivity index (χ1) is 9.32. The fourth-order valence-electron chi connectivity index (χ4n) is 2.06. The first-order valence-corrected chi connectivity index (χ1v) is 7.44. The average molecular weight is 303 g/mol. The second-order valence-electron chi connectivity index (χ2n) is 4.59. The predicted octanol–water partition coefficient (Wildman–Crippen LogP) is 0.716. The lowest BCUT2D eigenvalue weighted by Gasteiger charge is -2.30. The number of sulfonamides is 1. The van der Waals surface area contributed by atoms with E-state index in [1.54, 1.807) is 0 Å². The van der Waals surface area contributed by atoms with Crippen LogP contribution in [0.5, 0.6) is 0 Å². The summed E-state index contributed by atoms with van der Waals surface area (Å²) in [7, 11) is -4.07. The number of nitrogens with zero attached hydrogens (tertiary/aromatic N) is 2. The molecule has 9 heteroatoms. The molecule has 0 aliphatic carbocycles. The van der Waals surface area contributed by atoms with Gasteiger partial charge in [-0.25, -0.2) is 12.8 Å². The Bertz CT molecular complexity index is 635. The molecule has 1 fully saturated rings. The molecule has 1 N–H and O–H groups in total. The molecule has 1 heterocycles. The lowest BCUT2D eigenvalue weighted by molar-refractivity contribution is -0.385. The van der Waals surface area contributed by atoms with Crippen molar-refractivity contribution in [2.24, 2.45) is 0 Å². The Morgan fingerprint density at radius 2 is 2.20 bits per heavy atom. The van der Waals surface area contributed by atoms with Gasteiger partial charge in [0, 0.05) is 37.8 Å². The zero-order valence-corrected chi connectivity index (χ0v) is 11.6. The van der Waals surface area contributed by atoms with Crippen molar-refractivity contribution in [1.29, 1.82) is 0 Å². The highest BCUT2D eigenvalue weighted by Gasteiger charge is 2.31. The summed E-state index contributed by atoms with van der Waals surface area (Å²) in [5.74, 6) is -0.984. The average Bonchev–Trinajstić information content (AvgIpc) is 2.38. The van der Waals surface area contributed by atoms with Gasteiger partial charge in [-0.15, -0.1) is 0 Å². The van der Waals surface area contributed by atoms with Crippen LogP contribution in [0.1, 0.15) is 6.92 Å². The number of nitrogens with one attached hydrogen (secondary N) is 1. The van der Waals surface area contributed by atoms with Crippen molar-refractivity contribution in [3.63, 3.8) is 0 Å². The number of benzene rings is 1. The third-order valence-corrected chi connectivity index (χ3v) is 4.96. The van der Waals surface area contributed by atoms with Crippen LogP contribution in [0.3, 0.4) is 0 Å². The van der Waals surface area contributed by atoms with Crippen molar-refractivity contribution < 1.29 is 17.7 Å². The third kappa shape index (κ3) is 2.79. The monoisotopic (exact) mass is 303 g/mol. The summed E-state index contributed by atoms with van der Waals surface area (Å²) in [5, 5.41) is 13.8. The maximum atomic E-state index is 13.7. The van der Waals surface area contributed by atoms with Gasteiger partial charge in [-0.3, -0.25) is 10.1 Å². The van der Waals surface area contributed by atoms with Crippen molar-refractivity contribution in [3.8, 4) is 0 Å². The summed E-state index contributed by atoms with van der Waals surface area (Å²) in [6.45, 7) is 2.67. The molecule has 7 nitrogen and oxygen atoms in total. The minimum atomic E-state index is -4.07. The van der Waals surface area contributed by atoms with Gasteiger partial charge in [-0.2, -0.15) is 4.31 Å². The van der Waals surface area contributed by atoms with Crippen LogP contribution in [0, 0.1) is 15.9 Å². The van der Waals surface area contributed by atoms with Crippen LogP contribution in [0.15, 0.2) is 23.1 Å². The van der Waals surface area contributed by atoms with Gasteiger partial charge in [0.05, 0.1) is 4.92 Å². The molecule has 1 aromatic rings. The van der Waals surface area contributed by atoms with Crippen molar-refractivity contribution in [3.05, 3.63) is 34.1 Å². The SMILES string of the molecule is CC1CN(S(=O)(=O)c2cc([N+](=O)[O-])ccc2F)CCN1. The van der Waals surface area contributed by atoms with Gasteiger partial charge >= 0.3 is 0 Å². The molecule has 0 bridgehead atoms. The molecule has 0 spiro atoms. The highest BCUT2D eigenvalue weighted by molar-refractivity contribution is 7.89.